The van der Waals surface area contributed by atoms with Gasteiger partial charge in [0.05, 0.1) is 7.11 Å². The summed E-state index contributed by atoms with van der Waals surface area (Å²) in [6.45, 7) is 1.99. The Morgan fingerprint density at radius 1 is 1.18 bits per heavy atom. The Hall–Kier alpha value is -1.89. The molecule has 0 radical (unpaired) electrons. The highest BCUT2D eigenvalue weighted by atomic mass is 32.2. The Morgan fingerprint density at radius 2 is 1.82 bits per heavy atom. The molecular weight excluding hydrogens is 378 g/mol. The molecule has 1 aliphatic carbocycles. The topological polar surface area (TPSA) is 89.5 Å². The Morgan fingerprint density at radius 3 is 2.32 bits per heavy atom. The van der Waals surface area contributed by atoms with Gasteiger partial charge >= 0.3 is 5.97 Å². The molecule has 0 aromatic heterocycles. The minimum atomic E-state index is -2.98. The van der Waals surface area contributed by atoms with Gasteiger partial charge in [-0.1, -0.05) is 42.7 Å². The number of methoxy groups -OCH3 is 1. The van der Waals surface area contributed by atoms with Crippen molar-refractivity contribution in [1.29, 1.82) is 0 Å². The zero-order valence-corrected chi connectivity index (χ0v) is 17.8. The zero-order chi connectivity index (χ0) is 20.8. The minimum Gasteiger partial charge on any atom is -0.467 e. The molecule has 0 spiro atoms. The number of hydrogen-bond acceptors (Lipinski definition) is 5. The average molecular weight is 410 g/mol. The fourth-order valence-electron chi connectivity index (χ4n) is 3.63. The van der Waals surface area contributed by atoms with Crippen LogP contribution in [0.4, 0.5) is 0 Å². The number of rotatable bonds is 10. The van der Waals surface area contributed by atoms with Gasteiger partial charge in [0.15, 0.2) is 0 Å². The molecule has 1 aromatic rings. The van der Waals surface area contributed by atoms with Gasteiger partial charge in [-0.05, 0) is 38.2 Å². The van der Waals surface area contributed by atoms with Gasteiger partial charge in [-0.2, -0.15) is 0 Å². The van der Waals surface area contributed by atoms with Crippen molar-refractivity contribution >= 4 is 21.7 Å². The van der Waals surface area contributed by atoms with E-state index in [9.17, 15) is 18.0 Å². The maximum atomic E-state index is 13.0. The maximum absolute atomic E-state index is 13.0. The predicted octanol–water partition coefficient (Wildman–Crippen LogP) is 2.58. The van der Waals surface area contributed by atoms with E-state index in [4.69, 9.17) is 4.74 Å². The van der Waals surface area contributed by atoms with E-state index in [2.05, 4.69) is 5.32 Å². The highest BCUT2D eigenvalue weighted by molar-refractivity contribution is 7.90. The van der Waals surface area contributed by atoms with Crippen molar-refractivity contribution in [3.63, 3.8) is 0 Å². The molecule has 7 heteroatoms. The second-order valence-electron chi connectivity index (χ2n) is 7.96. The first-order valence-corrected chi connectivity index (χ1v) is 11.8. The molecule has 28 heavy (non-hydrogen) atoms. The van der Waals surface area contributed by atoms with E-state index < -0.39 is 27.3 Å². The van der Waals surface area contributed by atoms with Gasteiger partial charge < -0.3 is 10.1 Å². The molecule has 0 aliphatic heterocycles. The molecule has 2 rings (SSSR count). The summed E-state index contributed by atoms with van der Waals surface area (Å²) in [5.41, 5.74) is 1.60. The maximum Gasteiger partial charge on any atom is 0.328 e. The number of unbranched alkanes of at least 4 members (excludes halogenated alkanes) is 1. The van der Waals surface area contributed by atoms with Crippen LogP contribution in [0.15, 0.2) is 24.3 Å². The number of ether oxygens (including phenoxy) is 1. The number of nitrogens with one attached hydrogen (secondary N) is 1. The second-order valence-corrected chi connectivity index (χ2v) is 10.2. The summed E-state index contributed by atoms with van der Waals surface area (Å²) in [5.74, 6) is -0.441. The molecule has 0 bridgehead atoms. The molecule has 1 aromatic carbocycles. The first-order chi connectivity index (χ1) is 13.1. The summed E-state index contributed by atoms with van der Waals surface area (Å²) in [6.07, 6.45) is 6.01. The average Bonchev–Trinajstić information content (AvgIpc) is 2.59. The van der Waals surface area contributed by atoms with Crippen LogP contribution in [0.1, 0.15) is 49.7 Å². The van der Waals surface area contributed by atoms with Gasteiger partial charge in [0, 0.05) is 23.8 Å². The molecule has 156 valence electrons. The molecule has 0 saturated heterocycles. The molecule has 1 fully saturated rings. The summed E-state index contributed by atoms with van der Waals surface area (Å²) < 4.78 is 27.5. The van der Waals surface area contributed by atoms with Crippen LogP contribution >= 0.6 is 0 Å². The van der Waals surface area contributed by atoms with Crippen molar-refractivity contribution in [1.82, 2.24) is 5.32 Å². The lowest BCUT2D eigenvalue weighted by Gasteiger charge is -2.41. The van der Waals surface area contributed by atoms with Crippen LogP contribution in [0.2, 0.25) is 0 Å². The van der Waals surface area contributed by atoms with Crippen LogP contribution < -0.4 is 5.32 Å². The normalized spacial score (nSPS) is 16.7. The molecule has 0 heterocycles. The van der Waals surface area contributed by atoms with Crippen molar-refractivity contribution in [3.8, 4) is 0 Å². The summed E-state index contributed by atoms with van der Waals surface area (Å²) in [7, 11) is -1.66. The third-order valence-corrected chi connectivity index (χ3v) is 6.59. The highest BCUT2D eigenvalue weighted by Crippen LogP contribution is 2.45. The summed E-state index contributed by atoms with van der Waals surface area (Å²) in [6, 6.07) is 7.11. The third kappa shape index (κ3) is 6.33. The quantitative estimate of drug-likeness (QED) is 0.474. The van der Waals surface area contributed by atoms with Gasteiger partial charge in [0.25, 0.3) is 0 Å². The second kappa shape index (κ2) is 9.54. The van der Waals surface area contributed by atoms with Crippen molar-refractivity contribution in [2.24, 2.45) is 5.41 Å². The zero-order valence-electron chi connectivity index (χ0n) is 17.0. The van der Waals surface area contributed by atoms with E-state index >= 15 is 0 Å². The van der Waals surface area contributed by atoms with E-state index in [1.165, 1.54) is 13.4 Å². The molecule has 1 amide bonds. The Bertz CT molecular complexity index is 782. The fraction of sp³-hybridized carbons (Fsp3) is 0.619. The first kappa shape index (κ1) is 22.4. The molecular formula is C21H31NO5S. The van der Waals surface area contributed by atoms with Crippen LogP contribution in [0, 0.1) is 12.3 Å². The van der Waals surface area contributed by atoms with E-state index in [1.54, 1.807) is 0 Å². The number of hydrogen-bond donors (Lipinski definition) is 1. The van der Waals surface area contributed by atoms with Crippen LogP contribution in [0.25, 0.3) is 0 Å². The monoisotopic (exact) mass is 409 g/mol. The standard InChI is InChI=1S/C21H31NO5S/c1-16-7-9-17(10-8-16)15-18(19(23)27-2)22-20(24)21(12-6-13-21)11-4-5-14-28(3,25)26/h7-10,18H,4-6,11-15H2,1-3H3,(H,22,24). The number of benzene rings is 1. The number of aryl methyl sites for hydroxylation is 1. The molecule has 6 nitrogen and oxygen atoms in total. The number of esters is 1. The smallest absolute Gasteiger partial charge is 0.328 e. The summed E-state index contributed by atoms with van der Waals surface area (Å²) in [5, 5.41) is 2.90. The van der Waals surface area contributed by atoms with Crippen LogP contribution in [-0.4, -0.2) is 45.5 Å². The lowest BCUT2D eigenvalue weighted by Crippen LogP contribution is -2.52. The number of amides is 1. The fourth-order valence-corrected chi connectivity index (χ4v) is 4.36. The Kier molecular flexibility index (Phi) is 7.63. The number of carbonyl (C=O) groups is 2. The van der Waals surface area contributed by atoms with Gasteiger partial charge in [-0.3, -0.25) is 4.79 Å². The van der Waals surface area contributed by atoms with Gasteiger partial charge in [0.2, 0.25) is 5.91 Å². The van der Waals surface area contributed by atoms with E-state index in [-0.39, 0.29) is 11.7 Å². The van der Waals surface area contributed by atoms with Crippen molar-refractivity contribution < 1.29 is 22.7 Å². The number of carbonyl (C=O) groups excluding carboxylic acids is 2. The van der Waals surface area contributed by atoms with E-state index in [1.807, 2.05) is 31.2 Å². The third-order valence-electron chi connectivity index (χ3n) is 5.56. The molecule has 1 aliphatic rings. The minimum absolute atomic E-state index is 0.124. The van der Waals surface area contributed by atoms with Crippen LogP contribution in [-0.2, 0) is 30.6 Å². The highest BCUT2D eigenvalue weighted by Gasteiger charge is 2.44. The lowest BCUT2D eigenvalue weighted by atomic mass is 9.65. The SMILES string of the molecule is COC(=O)C(Cc1ccc(C)cc1)NC(=O)C1(CCCCS(C)(=O)=O)CCC1. The van der Waals surface area contributed by atoms with Crippen molar-refractivity contribution in [3.05, 3.63) is 35.4 Å². The lowest BCUT2D eigenvalue weighted by molar-refractivity contribution is -0.148. The van der Waals surface area contributed by atoms with E-state index in [0.717, 1.165) is 30.4 Å². The summed E-state index contributed by atoms with van der Waals surface area (Å²) >= 11 is 0. The molecule has 1 unspecified atom stereocenters. The van der Waals surface area contributed by atoms with Crippen molar-refractivity contribution in [2.45, 2.75) is 57.9 Å². The number of sulfone groups is 1. The molecule has 1 N–H and O–H groups in total. The Labute approximate surface area is 168 Å². The van der Waals surface area contributed by atoms with Gasteiger partial charge in [-0.25, -0.2) is 13.2 Å². The molecule has 1 atom stereocenters. The Balaban J connectivity index is 1.99. The molecule has 1 saturated carbocycles. The van der Waals surface area contributed by atoms with Crippen LogP contribution in [0.5, 0.6) is 0 Å². The van der Waals surface area contributed by atoms with Crippen molar-refractivity contribution in [2.75, 3.05) is 19.1 Å². The van der Waals surface area contributed by atoms with Gasteiger partial charge in [0.1, 0.15) is 15.9 Å². The van der Waals surface area contributed by atoms with Crippen LogP contribution in [0.3, 0.4) is 0 Å². The summed E-state index contributed by atoms with van der Waals surface area (Å²) in [4.78, 5) is 25.2. The largest absolute Gasteiger partial charge is 0.467 e. The first-order valence-electron chi connectivity index (χ1n) is 9.77. The van der Waals surface area contributed by atoms with Gasteiger partial charge in [-0.15, -0.1) is 0 Å². The predicted molar refractivity (Wildman–Crippen MR) is 109 cm³/mol. The van der Waals surface area contributed by atoms with E-state index in [0.29, 0.717) is 25.7 Å².